The Morgan fingerprint density at radius 1 is 0.588 bits per heavy atom. The van der Waals surface area contributed by atoms with E-state index in [2.05, 4.69) is 92.8 Å². The lowest BCUT2D eigenvalue weighted by molar-refractivity contribution is 0.845. The van der Waals surface area contributed by atoms with Gasteiger partial charge in [-0.3, -0.25) is 0 Å². The molecule has 4 aromatic heterocycles. The van der Waals surface area contributed by atoms with Crippen molar-refractivity contribution in [3.8, 4) is 12.1 Å². The molecule has 168 valence electrons. The molecule has 0 aromatic carbocycles. The van der Waals surface area contributed by atoms with Crippen molar-refractivity contribution in [2.75, 3.05) is 0 Å². The SMILES string of the molecule is N#CCCCc1cc2[nH]c1C=c1[nH]c(cc1CCCC#N)=Cc1ccc([nH]1)C=c1ccc([nH]1)=C2. The number of aryl methyl sites for hydroxylation is 2. The predicted molar refractivity (Wildman–Crippen MR) is 133 cm³/mol. The molecule has 0 aliphatic carbocycles. The molecule has 6 nitrogen and oxygen atoms in total. The van der Waals surface area contributed by atoms with Gasteiger partial charge in [-0.2, -0.15) is 10.5 Å². The second-order valence-corrected chi connectivity index (χ2v) is 8.67. The summed E-state index contributed by atoms with van der Waals surface area (Å²) in [6.45, 7) is 0. The highest BCUT2D eigenvalue weighted by Gasteiger charge is 2.08. The van der Waals surface area contributed by atoms with Gasteiger partial charge >= 0.3 is 0 Å². The molecule has 4 aromatic rings. The zero-order chi connectivity index (χ0) is 23.3. The van der Waals surface area contributed by atoms with Crippen LogP contribution in [0.5, 0.6) is 0 Å². The van der Waals surface area contributed by atoms with Gasteiger partial charge in [-0.25, -0.2) is 0 Å². The molecule has 0 fully saturated rings. The first-order valence-corrected chi connectivity index (χ1v) is 11.6. The fourth-order valence-corrected chi connectivity index (χ4v) is 4.46. The fourth-order valence-electron chi connectivity index (χ4n) is 4.46. The van der Waals surface area contributed by atoms with Crippen molar-refractivity contribution < 1.29 is 0 Å². The van der Waals surface area contributed by atoms with Crippen LogP contribution in [-0.4, -0.2) is 19.9 Å². The van der Waals surface area contributed by atoms with E-state index in [1.165, 1.54) is 11.1 Å². The van der Waals surface area contributed by atoms with Gasteiger partial charge in [-0.15, -0.1) is 0 Å². The minimum Gasteiger partial charge on any atom is -0.355 e. The first-order valence-electron chi connectivity index (χ1n) is 11.6. The number of nitriles is 2. The molecule has 1 aliphatic rings. The first-order chi connectivity index (χ1) is 16.7. The van der Waals surface area contributed by atoms with Gasteiger partial charge in [0.05, 0.1) is 12.1 Å². The van der Waals surface area contributed by atoms with E-state index >= 15 is 0 Å². The van der Waals surface area contributed by atoms with E-state index < -0.39 is 0 Å². The van der Waals surface area contributed by atoms with Crippen LogP contribution in [0.1, 0.15) is 59.6 Å². The summed E-state index contributed by atoms with van der Waals surface area (Å²) in [5, 5.41) is 22.1. The average molecular weight is 447 g/mol. The standard InChI is InChI=1S/C28H26N6/c29-11-3-1-5-19-13-25-16-23-9-7-21(31-23)15-22-8-10-24(32-22)17-26-14-20(6-2-4-12-30)28(34-26)18-27(19)33-25/h7-10,13-18,31-34H,1-6H2. The lowest BCUT2D eigenvalue weighted by Crippen LogP contribution is -2.13. The van der Waals surface area contributed by atoms with E-state index in [1.807, 2.05) is 0 Å². The molecule has 0 unspecified atom stereocenters. The maximum atomic E-state index is 8.99. The Morgan fingerprint density at radius 2 is 1.24 bits per heavy atom. The number of unbranched alkanes of at least 4 members (excludes halogenated alkanes) is 2. The maximum absolute atomic E-state index is 8.99. The minimum atomic E-state index is 0.540. The summed E-state index contributed by atoms with van der Waals surface area (Å²) in [4.78, 5) is 14.1. The van der Waals surface area contributed by atoms with Crippen molar-refractivity contribution in [3.63, 3.8) is 0 Å². The third-order valence-electron chi connectivity index (χ3n) is 6.06. The number of hydrogen-bond acceptors (Lipinski definition) is 2. The third kappa shape index (κ3) is 4.82. The summed E-state index contributed by atoms with van der Waals surface area (Å²) < 4.78 is 0. The van der Waals surface area contributed by atoms with Crippen LogP contribution in [-0.2, 0) is 12.8 Å². The van der Waals surface area contributed by atoms with Gasteiger partial charge in [0, 0.05) is 57.0 Å². The molecule has 0 saturated heterocycles. The van der Waals surface area contributed by atoms with E-state index in [4.69, 9.17) is 10.5 Å². The average Bonchev–Trinajstić information content (AvgIpc) is 3.60. The molecule has 8 bridgehead atoms. The zero-order valence-electron chi connectivity index (χ0n) is 18.9. The molecule has 5 heterocycles. The Bertz CT molecular complexity index is 1640. The number of H-pyrrole nitrogens is 4. The quantitative estimate of drug-likeness (QED) is 0.300. The highest BCUT2D eigenvalue weighted by molar-refractivity contribution is 5.58. The molecule has 6 heteroatoms. The molecule has 1 aliphatic heterocycles. The zero-order valence-corrected chi connectivity index (χ0v) is 18.9. The number of hydrogen-bond donors (Lipinski definition) is 4. The van der Waals surface area contributed by atoms with Crippen molar-refractivity contribution >= 4 is 24.3 Å². The normalized spacial score (nSPS) is 11.9. The first kappa shape index (κ1) is 21.4. The molecule has 0 atom stereocenters. The second-order valence-electron chi connectivity index (χ2n) is 8.67. The molecule has 0 radical (unpaired) electrons. The maximum Gasteiger partial charge on any atom is 0.0621 e. The highest BCUT2D eigenvalue weighted by atomic mass is 14.8. The van der Waals surface area contributed by atoms with Gasteiger partial charge in [-0.1, -0.05) is 0 Å². The largest absolute Gasteiger partial charge is 0.355 e. The van der Waals surface area contributed by atoms with Crippen molar-refractivity contribution in [3.05, 3.63) is 91.7 Å². The van der Waals surface area contributed by atoms with E-state index in [9.17, 15) is 0 Å². The molecule has 4 N–H and O–H groups in total. The minimum absolute atomic E-state index is 0.540. The van der Waals surface area contributed by atoms with Crippen LogP contribution in [0.2, 0.25) is 0 Å². The van der Waals surface area contributed by atoms with E-state index in [0.717, 1.165) is 69.9 Å². The smallest absolute Gasteiger partial charge is 0.0621 e. The molecule has 0 amide bonds. The molecular weight excluding hydrogens is 420 g/mol. The summed E-state index contributed by atoms with van der Waals surface area (Å²) in [7, 11) is 0. The fraction of sp³-hybridized carbons (Fsp3) is 0.214. The Balaban J connectivity index is 1.70. The molecular formula is C28H26N6. The number of fused-ring (bicyclic) bond motifs is 8. The summed E-state index contributed by atoms with van der Waals surface area (Å²) >= 11 is 0. The number of nitrogens with one attached hydrogen (secondary N) is 4. The van der Waals surface area contributed by atoms with Crippen LogP contribution >= 0.6 is 0 Å². The Hall–Kier alpha value is -4.42. The van der Waals surface area contributed by atoms with Crippen molar-refractivity contribution in [1.29, 1.82) is 10.5 Å². The van der Waals surface area contributed by atoms with Gasteiger partial charge in [0.25, 0.3) is 0 Å². The number of aromatic nitrogens is 4. The van der Waals surface area contributed by atoms with Crippen LogP contribution in [0.4, 0.5) is 0 Å². The number of rotatable bonds is 6. The van der Waals surface area contributed by atoms with Crippen molar-refractivity contribution in [1.82, 2.24) is 19.9 Å². The summed E-state index contributed by atoms with van der Waals surface area (Å²) in [6.07, 6.45) is 12.9. The van der Waals surface area contributed by atoms with E-state index in [-0.39, 0.29) is 0 Å². The third-order valence-corrected chi connectivity index (χ3v) is 6.06. The van der Waals surface area contributed by atoms with Crippen LogP contribution in [0, 0.1) is 22.7 Å². The Morgan fingerprint density at radius 3 is 1.94 bits per heavy atom. The van der Waals surface area contributed by atoms with Crippen molar-refractivity contribution in [2.45, 2.75) is 38.5 Å². The van der Waals surface area contributed by atoms with E-state index in [0.29, 0.717) is 12.8 Å². The van der Waals surface area contributed by atoms with Crippen LogP contribution in [0.15, 0.2) is 36.4 Å². The lowest BCUT2D eigenvalue weighted by atomic mass is 10.1. The second kappa shape index (κ2) is 9.60. The van der Waals surface area contributed by atoms with Gasteiger partial charge in [0.1, 0.15) is 0 Å². The highest BCUT2D eigenvalue weighted by Crippen LogP contribution is 2.16. The molecule has 0 saturated carbocycles. The summed E-state index contributed by atoms with van der Waals surface area (Å²) in [6, 6.07) is 17.1. The number of nitrogens with zero attached hydrogens (tertiary/aromatic N) is 2. The van der Waals surface area contributed by atoms with Gasteiger partial charge in [0.2, 0.25) is 0 Å². The van der Waals surface area contributed by atoms with Crippen LogP contribution in [0.3, 0.4) is 0 Å². The summed E-state index contributed by atoms with van der Waals surface area (Å²) in [5.41, 5.74) is 6.51. The lowest BCUT2D eigenvalue weighted by Gasteiger charge is -1.99. The van der Waals surface area contributed by atoms with Crippen LogP contribution < -0.4 is 21.4 Å². The molecule has 34 heavy (non-hydrogen) atoms. The van der Waals surface area contributed by atoms with E-state index in [1.54, 1.807) is 0 Å². The topological polar surface area (TPSA) is 111 Å². The Labute approximate surface area is 197 Å². The van der Waals surface area contributed by atoms with Crippen LogP contribution in [0.25, 0.3) is 24.3 Å². The predicted octanol–water partition coefficient (Wildman–Crippen LogP) is 2.32. The van der Waals surface area contributed by atoms with Gasteiger partial charge in [0.15, 0.2) is 0 Å². The van der Waals surface area contributed by atoms with Gasteiger partial charge < -0.3 is 19.9 Å². The Kier molecular flexibility index (Phi) is 6.05. The van der Waals surface area contributed by atoms with Gasteiger partial charge in [-0.05, 0) is 97.5 Å². The molecule has 0 spiro atoms. The monoisotopic (exact) mass is 446 g/mol. The molecule has 5 rings (SSSR count). The number of aromatic amines is 4. The summed E-state index contributed by atoms with van der Waals surface area (Å²) in [5.74, 6) is 0. The van der Waals surface area contributed by atoms with Crippen molar-refractivity contribution in [2.24, 2.45) is 0 Å².